The summed E-state index contributed by atoms with van der Waals surface area (Å²) in [5, 5.41) is 0. The number of hydrogen-bond donors (Lipinski definition) is 0. The van der Waals surface area contributed by atoms with Crippen LogP contribution in [0.2, 0.25) is 0 Å². The number of rotatable bonds is 4. The van der Waals surface area contributed by atoms with Crippen molar-refractivity contribution >= 4 is 23.4 Å². The highest BCUT2D eigenvalue weighted by Gasteiger charge is 2.00. The highest BCUT2D eigenvalue weighted by atomic mass is 35.5. The minimum Gasteiger partial charge on any atom is -0.240 e. The molecule has 17 heavy (non-hydrogen) atoms. The monoisotopic (exact) mass is 268 g/mol. The summed E-state index contributed by atoms with van der Waals surface area (Å²) in [6, 6.07) is 6.48. The van der Waals surface area contributed by atoms with Gasteiger partial charge in [0.25, 0.3) is 0 Å². The molecule has 2 nitrogen and oxygen atoms in total. The van der Waals surface area contributed by atoms with Gasteiger partial charge in [-0.2, -0.15) is 0 Å². The zero-order valence-corrected chi connectivity index (χ0v) is 10.5. The molecule has 0 spiro atoms. The average Bonchev–Trinajstić information content (AvgIpc) is 2.37. The summed E-state index contributed by atoms with van der Waals surface area (Å²) in [5.74, 6) is 1.52. The molecule has 0 amide bonds. The minimum atomic E-state index is -0.228. The van der Waals surface area contributed by atoms with Crippen molar-refractivity contribution in [3.63, 3.8) is 0 Å². The van der Waals surface area contributed by atoms with Gasteiger partial charge in [-0.15, -0.1) is 23.4 Å². The zero-order chi connectivity index (χ0) is 12.1. The molecule has 1 heterocycles. The van der Waals surface area contributed by atoms with Crippen molar-refractivity contribution in [2.75, 3.05) is 0 Å². The maximum absolute atomic E-state index is 12.9. The number of aromatic nitrogens is 2. The maximum atomic E-state index is 12.9. The van der Waals surface area contributed by atoms with Crippen LogP contribution >= 0.6 is 23.4 Å². The number of alkyl halides is 1. The molecule has 5 heteroatoms. The summed E-state index contributed by atoms with van der Waals surface area (Å²) in [5.41, 5.74) is 0.895. The summed E-state index contributed by atoms with van der Waals surface area (Å²) in [7, 11) is 0. The smallest absolute Gasteiger partial charge is 0.138 e. The van der Waals surface area contributed by atoms with Gasteiger partial charge in [-0.1, -0.05) is 6.07 Å². The first kappa shape index (κ1) is 12.3. The van der Waals surface area contributed by atoms with E-state index in [1.54, 1.807) is 18.5 Å². The maximum Gasteiger partial charge on any atom is 0.138 e. The first-order chi connectivity index (χ1) is 8.28. The lowest BCUT2D eigenvalue weighted by Crippen LogP contribution is -1.93. The number of hydrogen-bond acceptors (Lipinski definition) is 3. The fourth-order valence-corrected chi connectivity index (χ4v) is 2.18. The van der Waals surface area contributed by atoms with Gasteiger partial charge in [0.1, 0.15) is 11.6 Å². The second-order valence-electron chi connectivity index (χ2n) is 3.39. The van der Waals surface area contributed by atoms with E-state index in [-0.39, 0.29) is 5.82 Å². The zero-order valence-electron chi connectivity index (χ0n) is 8.94. The van der Waals surface area contributed by atoms with Crippen LogP contribution in [0, 0.1) is 5.82 Å². The predicted molar refractivity (Wildman–Crippen MR) is 67.6 cm³/mol. The van der Waals surface area contributed by atoms with Crippen molar-refractivity contribution in [2.45, 2.75) is 16.5 Å². The molecule has 0 aliphatic heterocycles. The second-order valence-corrected chi connectivity index (χ2v) is 4.70. The second kappa shape index (κ2) is 5.98. The van der Waals surface area contributed by atoms with E-state index in [1.807, 2.05) is 6.07 Å². The Kier molecular flexibility index (Phi) is 4.34. The standard InChI is InChI=1S/C12H10ClFN2S/c13-5-9-6-15-12(16-7-9)8-17-11-3-1-2-10(14)4-11/h1-4,6-7H,5,8H2. The van der Waals surface area contributed by atoms with E-state index in [9.17, 15) is 4.39 Å². The van der Waals surface area contributed by atoms with Crippen LogP contribution in [0.1, 0.15) is 11.4 Å². The molecule has 1 aromatic carbocycles. The van der Waals surface area contributed by atoms with Gasteiger partial charge in [-0.05, 0) is 18.2 Å². The topological polar surface area (TPSA) is 25.8 Å². The number of halogens is 2. The van der Waals surface area contributed by atoms with Crippen LogP contribution in [0.3, 0.4) is 0 Å². The normalized spacial score (nSPS) is 10.5. The van der Waals surface area contributed by atoms with Gasteiger partial charge >= 0.3 is 0 Å². The van der Waals surface area contributed by atoms with Crippen LogP contribution in [0.25, 0.3) is 0 Å². The molecule has 0 unspecified atom stereocenters. The molecule has 0 aliphatic rings. The number of benzene rings is 1. The Morgan fingerprint density at radius 1 is 1.24 bits per heavy atom. The highest BCUT2D eigenvalue weighted by molar-refractivity contribution is 7.98. The number of thioether (sulfide) groups is 1. The Labute approximate surface area is 108 Å². The van der Waals surface area contributed by atoms with Crippen molar-refractivity contribution in [2.24, 2.45) is 0 Å². The van der Waals surface area contributed by atoms with Gasteiger partial charge in [-0.25, -0.2) is 14.4 Å². The molecule has 88 valence electrons. The van der Waals surface area contributed by atoms with Gasteiger partial charge in [-0.3, -0.25) is 0 Å². The lowest BCUT2D eigenvalue weighted by Gasteiger charge is -2.01. The Balaban J connectivity index is 1.97. The van der Waals surface area contributed by atoms with E-state index < -0.39 is 0 Å². The molecule has 0 atom stereocenters. The predicted octanol–water partition coefficient (Wildman–Crippen LogP) is 3.65. The van der Waals surface area contributed by atoms with E-state index in [0.717, 1.165) is 10.5 Å². The van der Waals surface area contributed by atoms with Crippen LogP contribution in [0.4, 0.5) is 4.39 Å². The SMILES string of the molecule is Fc1cccc(SCc2ncc(CCl)cn2)c1. The molecular formula is C12H10ClFN2S. The third kappa shape index (κ3) is 3.68. The Morgan fingerprint density at radius 2 is 2.00 bits per heavy atom. The van der Waals surface area contributed by atoms with Gasteiger partial charge in [0.15, 0.2) is 0 Å². The van der Waals surface area contributed by atoms with Crippen LogP contribution in [-0.4, -0.2) is 9.97 Å². The van der Waals surface area contributed by atoms with Crippen molar-refractivity contribution in [1.29, 1.82) is 0 Å². The fraction of sp³-hybridized carbons (Fsp3) is 0.167. The Bertz CT molecular complexity index is 490. The molecule has 0 saturated carbocycles. The first-order valence-corrected chi connectivity index (χ1v) is 6.54. The van der Waals surface area contributed by atoms with Gasteiger partial charge in [0.05, 0.1) is 11.6 Å². The summed E-state index contributed by atoms with van der Waals surface area (Å²) in [6.45, 7) is 0. The lowest BCUT2D eigenvalue weighted by atomic mass is 10.4. The average molecular weight is 269 g/mol. The summed E-state index contributed by atoms with van der Waals surface area (Å²) >= 11 is 7.15. The van der Waals surface area contributed by atoms with Gasteiger partial charge in [0.2, 0.25) is 0 Å². The molecule has 1 aromatic heterocycles. The van der Waals surface area contributed by atoms with E-state index in [2.05, 4.69) is 9.97 Å². The van der Waals surface area contributed by atoms with E-state index >= 15 is 0 Å². The molecule has 2 rings (SSSR count). The van der Waals surface area contributed by atoms with Crippen LogP contribution in [-0.2, 0) is 11.6 Å². The Hall–Kier alpha value is -1.13. The molecule has 0 saturated heterocycles. The third-order valence-electron chi connectivity index (χ3n) is 2.08. The quantitative estimate of drug-likeness (QED) is 0.625. The van der Waals surface area contributed by atoms with E-state index in [1.165, 1.54) is 23.9 Å². The molecule has 0 radical (unpaired) electrons. The summed E-state index contributed by atoms with van der Waals surface area (Å²) in [4.78, 5) is 9.22. The highest BCUT2D eigenvalue weighted by Crippen LogP contribution is 2.21. The number of nitrogens with zero attached hydrogens (tertiary/aromatic N) is 2. The first-order valence-electron chi connectivity index (χ1n) is 5.02. The molecule has 0 N–H and O–H groups in total. The van der Waals surface area contributed by atoms with Crippen molar-refractivity contribution in [3.05, 3.63) is 53.9 Å². The van der Waals surface area contributed by atoms with E-state index in [0.29, 0.717) is 17.5 Å². The van der Waals surface area contributed by atoms with Gasteiger partial charge < -0.3 is 0 Å². The lowest BCUT2D eigenvalue weighted by molar-refractivity contribution is 0.624. The summed E-state index contributed by atoms with van der Waals surface area (Å²) < 4.78 is 12.9. The third-order valence-corrected chi connectivity index (χ3v) is 3.38. The minimum absolute atomic E-state index is 0.228. The molecule has 0 fully saturated rings. The molecule has 0 aliphatic carbocycles. The van der Waals surface area contributed by atoms with Gasteiger partial charge in [0, 0.05) is 22.9 Å². The van der Waals surface area contributed by atoms with Crippen LogP contribution in [0.15, 0.2) is 41.6 Å². The van der Waals surface area contributed by atoms with Crippen LogP contribution < -0.4 is 0 Å². The molecule has 2 aromatic rings. The van der Waals surface area contributed by atoms with Crippen molar-refractivity contribution in [1.82, 2.24) is 9.97 Å². The molecule has 0 bridgehead atoms. The van der Waals surface area contributed by atoms with Crippen molar-refractivity contribution in [3.8, 4) is 0 Å². The molecular weight excluding hydrogens is 259 g/mol. The largest absolute Gasteiger partial charge is 0.240 e. The fourth-order valence-electron chi connectivity index (χ4n) is 1.23. The Morgan fingerprint density at radius 3 is 2.65 bits per heavy atom. The van der Waals surface area contributed by atoms with Crippen LogP contribution in [0.5, 0.6) is 0 Å². The summed E-state index contributed by atoms with van der Waals surface area (Å²) in [6.07, 6.45) is 3.42. The van der Waals surface area contributed by atoms with E-state index in [4.69, 9.17) is 11.6 Å². The van der Waals surface area contributed by atoms with Crippen molar-refractivity contribution < 1.29 is 4.39 Å².